The average molecular weight is 616 g/mol. The van der Waals surface area contributed by atoms with E-state index >= 15 is 0 Å². The molecule has 0 unspecified atom stereocenters. The van der Waals surface area contributed by atoms with Crippen molar-refractivity contribution < 1.29 is 46.5 Å². The molecule has 0 bridgehead atoms. The summed E-state index contributed by atoms with van der Waals surface area (Å²) in [6.07, 6.45) is -2.33. The molecule has 0 radical (unpaired) electrons. The predicted octanol–water partition coefficient (Wildman–Crippen LogP) is 4.14. The summed E-state index contributed by atoms with van der Waals surface area (Å²) in [5.41, 5.74) is -0.133. The van der Waals surface area contributed by atoms with Crippen molar-refractivity contribution in [1.29, 1.82) is 0 Å². The van der Waals surface area contributed by atoms with Crippen LogP contribution in [0.1, 0.15) is 47.3 Å². The van der Waals surface area contributed by atoms with E-state index in [4.69, 9.17) is 19.9 Å². The lowest BCUT2D eigenvalue weighted by molar-refractivity contribution is -0.265. The number of aliphatic hydroxyl groups is 1. The molecular formula is C31H29F4N3O6. The lowest BCUT2D eigenvalue weighted by Gasteiger charge is -2.32. The first kappa shape index (κ1) is 29.7. The Morgan fingerprint density at radius 1 is 1.09 bits per heavy atom. The number of methoxy groups -OCH3 is 1. The summed E-state index contributed by atoms with van der Waals surface area (Å²) in [5.74, 6) is -1.93. The van der Waals surface area contributed by atoms with Crippen molar-refractivity contribution in [3.63, 3.8) is 0 Å². The van der Waals surface area contributed by atoms with Gasteiger partial charge in [0.2, 0.25) is 11.5 Å². The van der Waals surface area contributed by atoms with Crippen molar-refractivity contribution in [1.82, 2.24) is 10.3 Å². The number of aromatic nitrogens is 1. The SMILES string of the molecule is COc1cc(C(=O)NC[C@](O)(c2cc3c(c(-c4ccc(F)cc4)n2)OC[C@]3(C(N)=O)C2CC2)C(F)(F)F)ccc1OC1CC1. The van der Waals surface area contributed by atoms with E-state index in [9.17, 15) is 32.3 Å². The molecule has 2 fully saturated rings. The molecule has 2 amide bonds. The van der Waals surface area contributed by atoms with Crippen LogP contribution in [-0.4, -0.2) is 54.4 Å². The van der Waals surface area contributed by atoms with Gasteiger partial charge >= 0.3 is 6.18 Å². The van der Waals surface area contributed by atoms with Gasteiger partial charge in [-0.1, -0.05) is 0 Å². The first-order valence-electron chi connectivity index (χ1n) is 14.0. The standard InChI is InChI=1S/C31H29F4N3O6/c1-42-23-12-17(4-11-22(23)44-20-9-10-20)27(39)37-14-30(41,31(33,34)35)24-13-21-26(25(38-24)16-2-7-19(32)8-3-16)43-15-29(21,28(36)40)18-5-6-18/h2-4,7-8,11-13,18,20,41H,5-6,9-10,14-15H2,1H3,(H2,36,40)(H,37,39)/t29-,30-/m0/s1. The number of nitrogens with two attached hydrogens (primary N) is 1. The fraction of sp³-hybridized carbons (Fsp3) is 0.387. The summed E-state index contributed by atoms with van der Waals surface area (Å²) >= 11 is 0. The molecule has 3 aliphatic rings. The van der Waals surface area contributed by atoms with E-state index in [0.29, 0.717) is 18.6 Å². The van der Waals surface area contributed by atoms with Gasteiger partial charge in [-0.05, 0) is 80.1 Å². The van der Waals surface area contributed by atoms with Crippen molar-refractivity contribution in [2.75, 3.05) is 20.3 Å². The van der Waals surface area contributed by atoms with E-state index < -0.39 is 47.1 Å². The van der Waals surface area contributed by atoms with Gasteiger partial charge < -0.3 is 30.4 Å². The number of amides is 2. The number of alkyl halides is 3. The number of pyridine rings is 1. The van der Waals surface area contributed by atoms with Crippen LogP contribution in [0.5, 0.6) is 17.2 Å². The van der Waals surface area contributed by atoms with Gasteiger partial charge in [0.15, 0.2) is 11.5 Å². The molecule has 4 N–H and O–H groups in total. The highest BCUT2D eigenvalue weighted by atomic mass is 19.4. The molecule has 0 spiro atoms. The molecule has 2 saturated carbocycles. The van der Waals surface area contributed by atoms with E-state index in [0.717, 1.165) is 31.0 Å². The Hall–Kier alpha value is -4.39. The molecule has 6 rings (SSSR count). The number of carbonyl (C=O) groups excluding carboxylic acids is 2. The molecule has 0 saturated heterocycles. The van der Waals surface area contributed by atoms with Crippen molar-refractivity contribution in [3.8, 4) is 28.5 Å². The monoisotopic (exact) mass is 615 g/mol. The lowest BCUT2D eigenvalue weighted by atomic mass is 9.76. The summed E-state index contributed by atoms with van der Waals surface area (Å²) < 4.78 is 74.9. The third kappa shape index (κ3) is 5.08. The molecule has 44 heavy (non-hydrogen) atoms. The Bertz CT molecular complexity index is 1620. The Kier molecular flexibility index (Phi) is 7.18. The second-order valence-electron chi connectivity index (χ2n) is 11.4. The van der Waals surface area contributed by atoms with Crippen LogP contribution in [0.15, 0.2) is 48.5 Å². The molecule has 1 aromatic heterocycles. The van der Waals surface area contributed by atoms with Crippen molar-refractivity contribution in [2.24, 2.45) is 11.7 Å². The number of primary amides is 1. The highest BCUT2D eigenvalue weighted by molar-refractivity contribution is 5.95. The second-order valence-corrected chi connectivity index (χ2v) is 11.4. The molecule has 13 heteroatoms. The molecular weight excluding hydrogens is 586 g/mol. The van der Waals surface area contributed by atoms with Crippen LogP contribution in [0.4, 0.5) is 17.6 Å². The van der Waals surface area contributed by atoms with Crippen LogP contribution in [0, 0.1) is 11.7 Å². The molecule has 232 valence electrons. The first-order chi connectivity index (χ1) is 20.9. The van der Waals surface area contributed by atoms with Crippen LogP contribution in [0.3, 0.4) is 0 Å². The zero-order chi connectivity index (χ0) is 31.4. The largest absolute Gasteiger partial charge is 0.493 e. The van der Waals surface area contributed by atoms with Gasteiger partial charge in [-0.3, -0.25) is 9.59 Å². The quantitative estimate of drug-likeness (QED) is 0.292. The van der Waals surface area contributed by atoms with Crippen LogP contribution in [-0.2, 0) is 15.8 Å². The van der Waals surface area contributed by atoms with E-state index in [2.05, 4.69) is 10.3 Å². The maximum atomic E-state index is 14.8. The fourth-order valence-corrected chi connectivity index (χ4v) is 5.53. The lowest BCUT2D eigenvalue weighted by Crippen LogP contribution is -2.52. The van der Waals surface area contributed by atoms with Crippen LogP contribution in [0.2, 0.25) is 0 Å². The molecule has 9 nitrogen and oxygen atoms in total. The molecule has 2 aliphatic carbocycles. The van der Waals surface area contributed by atoms with Gasteiger partial charge in [0.1, 0.15) is 29.3 Å². The average Bonchev–Trinajstić information content (AvgIpc) is 3.94. The Balaban J connectivity index is 1.39. The number of hydrogen-bond donors (Lipinski definition) is 3. The van der Waals surface area contributed by atoms with Crippen LogP contribution in [0.25, 0.3) is 11.3 Å². The van der Waals surface area contributed by atoms with Gasteiger partial charge in [-0.2, -0.15) is 13.2 Å². The number of halogens is 4. The molecule has 3 aromatic rings. The van der Waals surface area contributed by atoms with Gasteiger partial charge in [0.05, 0.1) is 25.5 Å². The number of nitrogens with one attached hydrogen (secondary N) is 1. The highest BCUT2D eigenvalue weighted by Crippen LogP contribution is 2.56. The normalized spacial score (nSPS) is 20.7. The minimum Gasteiger partial charge on any atom is -0.493 e. The van der Waals surface area contributed by atoms with E-state index in [-0.39, 0.29) is 52.5 Å². The number of hydrogen-bond acceptors (Lipinski definition) is 7. The van der Waals surface area contributed by atoms with Crippen LogP contribution < -0.4 is 25.3 Å². The van der Waals surface area contributed by atoms with E-state index in [1.54, 1.807) is 0 Å². The molecule has 2 heterocycles. The summed E-state index contributed by atoms with van der Waals surface area (Å²) in [6, 6.07) is 9.95. The van der Waals surface area contributed by atoms with Crippen molar-refractivity contribution in [3.05, 3.63) is 71.2 Å². The number of carbonyl (C=O) groups is 2. The topological polar surface area (TPSA) is 133 Å². The minimum absolute atomic E-state index is 0.0280. The smallest absolute Gasteiger partial charge is 0.424 e. The number of rotatable bonds is 10. The minimum atomic E-state index is -5.34. The number of nitrogens with zero attached hydrogens (tertiary/aromatic N) is 1. The number of fused-ring (bicyclic) bond motifs is 1. The Morgan fingerprint density at radius 3 is 2.39 bits per heavy atom. The third-order valence-corrected chi connectivity index (χ3v) is 8.37. The first-order valence-corrected chi connectivity index (χ1v) is 14.0. The van der Waals surface area contributed by atoms with Crippen molar-refractivity contribution >= 4 is 11.8 Å². The third-order valence-electron chi connectivity index (χ3n) is 8.37. The maximum Gasteiger partial charge on any atom is 0.424 e. The zero-order valence-electron chi connectivity index (χ0n) is 23.5. The van der Waals surface area contributed by atoms with Gasteiger partial charge in [-0.25, -0.2) is 9.37 Å². The van der Waals surface area contributed by atoms with Gasteiger partial charge in [0, 0.05) is 16.7 Å². The predicted molar refractivity (Wildman–Crippen MR) is 148 cm³/mol. The summed E-state index contributed by atoms with van der Waals surface area (Å²) in [6.45, 7) is -1.54. The summed E-state index contributed by atoms with van der Waals surface area (Å²) in [5, 5.41) is 13.5. The van der Waals surface area contributed by atoms with Crippen molar-refractivity contribution in [2.45, 2.75) is 49.0 Å². The maximum absolute atomic E-state index is 14.8. The number of ether oxygens (including phenoxy) is 3. The fourth-order valence-electron chi connectivity index (χ4n) is 5.53. The van der Waals surface area contributed by atoms with Crippen LogP contribution >= 0.6 is 0 Å². The number of benzene rings is 2. The summed E-state index contributed by atoms with van der Waals surface area (Å²) in [7, 11) is 1.37. The second kappa shape index (κ2) is 10.7. The van der Waals surface area contributed by atoms with E-state index in [1.807, 2.05) is 0 Å². The van der Waals surface area contributed by atoms with Gasteiger partial charge in [-0.15, -0.1) is 0 Å². The van der Waals surface area contributed by atoms with E-state index in [1.165, 1.54) is 37.4 Å². The summed E-state index contributed by atoms with van der Waals surface area (Å²) in [4.78, 5) is 30.0. The molecule has 1 aliphatic heterocycles. The Morgan fingerprint density at radius 2 is 1.80 bits per heavy atom. The Labute approximate surface area is 249 Å². The van der Waals surface area contributed by atoms with Gasteiger partial charge in [0.25, 0.3) is 5.91 Å². The zero-order valence-corrected chi connectivity index (χ0v) is 23.5. The molecule has 2 atom stereocenters. The molecule has 2 aromatic carbocycles. The highest BCUT2D eigenvalue weighted by Gasteiger charge is 2.60.